The third kappa shape index (κ3) is 4.57. The number of hydrogen-bond donors (Lipinski definition) is 2. The second kappa shape index (κ2) is 7.60. The van der Waals surface area contributed by atoms with Gasteiger partial charge in [-0.25, -0.2) is 0 Å². The largest absolute Gasteiger partial charge is 0.392 e. The summed E-state index contributed by atoms with van der Waals surface area (Å²) in [6.07, 6.45) is 1.11. The molecule has 0 aromatic heterocycles. The first-order valence-electron chi connectivity index (χ1n) is 7.29. The fourth-order valence-corrected chi connectivity index (χ4v) is 2.62. The Bertz CT molecular complexity index is 550. The number of hydrogen-bond acceptors (Lipinski definition) is 2. The van der Waals surface area contributed by atoms with Crippen LogP contribution in [0.4, 0.5) is 0 Å². The topological polar surface area (TPSA) is 46.2 Å². The third-order valence-electron chi connectivity index (χ3n) is 3.87. The molecule has 2 atom stereocenters. The lowest BCUT2D eigenvalue weighted by molar-refractivity contribution is 0.136. The molecule has 0 saturated carbocycles. The number of aliphatic hydroxyl groups excluding tert-OH is 1. The molecule has 2 aromatic rings. The molecule has 0 heterocycles. The summed E-state index contributed by atoms with van der Waals surface area (Å²) in [6.45, 7) is 2.50. The maximum absolute atomic E-state index is 10.4. The molecule has 2 unspecified atom stereocenters. The molecule has 0 radical (unpaired) electrons. The average Bonchev–Trinajstić information content (AvgIpc) is 2.49. The van der Waals surface area contributed by atoms with Gasteiger partial charge in [-0.05, 0) is 43.0 Å². The van der Waals surface area contributed by atoms with E-state index in [-0.39, 0.29) is 5.92 Å². The zero-order valence-corrected chi connectivity index (χ0v) is 13.1. The molecule has 0 bridgehead atoms. The Morgan fingerprint density at radius 1 is 1.05 bits per heavy atom. The molecule has 0 saturated heterocycles. The van der Waals surface area contributed by atoms with E-state index in [4.69, 9.17) is 17.3 Å². The lowest BCUT2D eigenvalue weighted by Crippen LogP contribution is -2.26. The Morgan fingerprint density at radius 3 is 2.24 bits per heavy atom. The summed E-state index contributed by atoms with van der Waals surface area (Å²) < 4.78 is 0. The van der Waals surface area contributed by atoms with Gasteiger partial charge in [-0.1, -0.05) is 53.6 Å². The van der Waals surface area contributed by atoms with Crippen LogP contribution in [0.1, 0.15) is 29.0 Å². The van der Waals surface area contributed by atoms with Crippen LogP contribution >= 0.6 is 11.6 Å². The van der Waals surface area contributed by atoms with Gasteiger partial charge in [0.1, 0.15) is 0 Å². The number of aryl methyl sites for hydroxylation is 2. The van der Waals surface area contributed by atoms with Crippen molar-refractivity contribution in [1.82, 2.24) is 0 Å². The minimum atomic E-state index is -0.447. The van der Waals surface area contributed by atoms with Crippen molar-refractivity contribution >= 4 is 11.6 Å². The first kappa shape index (κ1) is 16.0. The van der Waals surface area contributed by atoms with E-state index in [0.717, 1.165) is 12.0 Å². The lowest BCUT2D eigenvalue weighted by atomic mass is 9.90. The summed E-state index contributed by atoms with van der Waals surface area (Å²) in [7, 11) is 0. The highest BCUT2D eigenvalue weighted by Gasteiger charge is 2.19. The number of nitrogens with two attached hydrogens (primary N) is 1. The van der Waals surface area contributed by atoms with Gasteiger partial charge in [-0.2, -0.15) is 0 Å². The molecule has 0 aliphatic heterocycles. The zero-order chi connectivity index (χ0) is 15.2. The second-order valence-corrected chi connectivity index (χ2v) is 5.92. The normalized spacial score (nSPS) is 13.9. The van der Waals surface area contributed by atoms with E-state index >= 15 is 0 Å². The first-order valence-corrected chi connectivity index (χ1v) is 7.67. The van der Waals surface area contributed by atoms with Crippen LogP contribution in [0, 0.1) is 6.92 Å². The Kier molecular flexibility index (Phi) is 5.80. The van der Waals surface area contributed by atoms with Crippen LogP contribution in [0.3, 0.4) is 0 Å². The molecule has 0 fully saturated rings. The van der Waals surface area contributed by atoms with Gasteiger partial charge in [0.2, 0.25) is 0 Å². The average molecular weight is 304 g/mol. The monoisotopic (exact) mass is 303 g/mol. The first-order chi connectivity index (χ1) is 10.1. The van der Waals surface area contributed by atoms with E-state index in [1.54, 1.807) is 0 Å². The maximum Gasteiger partial charge on any atom is 0.0624 e. The van der Waals surface area contributed by atoms with E-state index < -0.39 is 6.10 Å². The van der Waals surface area contributed by atoms with E-state index in [1.807, 2.05) is 24.3 Å². The molecule has 0 amide bonds. The number of rotatable bonds is 6. The minimum Gasteiger partial charge on any atom is -0.392 e. The molecule has 2 rings (SSSR count). The van der Waals surface area contributed by atoms with E-state index in [1.165, 1.54) is 11.1 Å². The SMILES string of the molecule is Cc1ccc(CCC(O)C(CN)c2ccc(Cl)cc2)cc1. The van der Waals surface area contributed by atoms with Crippen molar-refractivity contribution in [3.05, 3.63) is 70.2 Å². The third-order valence-corrected chi connectivity index (χ3v) is 4.12. The van der Waals surface area contributed by atoms with Gasteiger partial charge in [0.05, 0.1) is 6.10 Å². The van der Waals surface area contributed by atoms with Gasteiger partial charge in [-0.15, -0.1) is 0 Å². The molecular weight excluding hydrogens is 282 g/mol. The smallest absolute Gasteiger partial charge is 0.0624 e. The van der Waals surface area contributed by atoms with Crippen LogP contribution in [0.25, 0.3) is 0 Å². The van der Waals surface area contributed by atoms with Gasteiger partial charge in [0.25, 0.3) is 0 Å². The van der Waals surface area contributed by atoms with Crippen LogP contribution in [0.2, 0.25) is 5.02 Å². The number of benzene rings is 2. The summed E-state index contributed by atoms with van der Waals surface area (Å²) in [6, 6.07) is 16.0. The van der Waals surface area contributed by atoms with E-state index in [0.29, 0.717) is 18.0 Å². The highest BCUT2D eigenvalue weighted by atomic mass is 35.5. The van der Waals surface area contributed by atoms with Crippen molar-refractivity contribution in [1.29, 1.82) is 0 Å². The molecule has 2 nitrogen and oxygen atoms in total. The highest BCUT2D eigenvalue weighted by molar-refractivity contribution is 6.30. The minimum absolute atomic E-state index is 0.0484. The van der Waals surface area contributed by atoms with Gasteiger partial charge in [0.15, 0.2) is 0 Å². The molecule has 21 heavy (non-hydrogen) atoms. The Balaban J connectivity index is 1.98. The van der Waals surface area contributed by atoms with Crippen LogP contribution in [-0.2, 0) is 6.42 Å². The molecule has 3 N–H and O–H groups in total. The summed E-state index contributed by atoms with van der Waals surface area (Å²) in [5, 5.41) is 11.1. The molecule has 3 heteroatoms. The van der Waals surface area contributed by atoms with Gasteiger partial charge < -0.3 is 10.8 Å². The predicted molar refractivity (Wildman–Crippen MR) is 88.8 cm³/mol. The maximum atomic E-state index is 10.4. The fraction of sp³-hybridized carbons (Fsp3) is 0.333. The Hall–Kier alpha value is -1.35. The molecule has 0 spiro atoms. The highest BCUT2D eigenvalue weighted by Crippen LogP contribution is 2.23. The van der Waals surface area contributed by atoms with Crippen molar-refractivity contribution < 1.29 is 5.11 Å². The Morgan fingerprint density at radius 2 is 1.67 bits per heavy atom. The predicted octanol–water partition coefficient (Wildman–Crippen LogP) is 3.68. The van der Waals surface area contributed by atoms with Crippen LogP contribution < -0.4 is 5.73 Å². The van der Waals surface area contributed by atoms with Crippen LogP contribution in [0.5, 0.6) is 0 Å². The van der Waals surface area contributed by atoms with E-state index in [9.17, 15) is 5.11 Å². The molecular formula is C18H22ClNO. The molecule has 0 aliphatic rings. The number of halogens is 1. The van der Waals surface area contributed by atoms with Crippen molar-refractivity contribution in [3.63, 3.8) is 0 Å². The molecule has 112 valence electrons. The Labute approximate surface area is 131 Å². The van der Waals surface area contributed by atoms with Crippen LogP contribution in [0.15, 0.2) is 48.5 Å². The second-order valence-electron chi connectivity index (χ2n) is 5.49. The van der Waals surface area contributed by atoms with E-state index in [2.05, 4.69) is 31.2 Å². The van der Waals surface area contributed by atoms with Crippen LogP contribution in [-0.4, -0.2) is 17.8 Å². The van der Waals surface area contributed by atoms with Gasteiger partial charge in [0, 0.05) is 17.5 Å². The summed E-state index contributed by atoms with van der Waals surface area (Å²) in [5.41, 5.74) is 9.37. The summed E-state index contributed by atoms with van der Waals surface area (Å²) >= 11 is 5.90. The summed E-state index contributed by atoms with van der Waals surface area (Å²) in [5.74, 6) is -0.0484. The zero-order valence-electron chi connectivity index (χ0n) is 12.3. The van der Waals surface area contributed by atoms with Gasteiger partial charge in [-0.3, -0.25) is 0 Å². The van der Waals surface area contributed by atoms with Crippen molar-refractivity contribution in [2.24, 2.45) is 5.73 Å². The van der Waals surface area contributed by atoms with Crippen molar-refractivity contribution in [2.45, 2.75) is 31.8 Å². The quantitative estimate of drug-likeness (QED) is 0.855. The van der Waals surface area contributed by atoms with Crippen molar-refractivity contribution in [3.8, 4) is 0 Å². The molecule has 0 aliphatic carbocycles. The lowest BCUT2D eigenvalue weighted by Gasteiger charge is -2.22. The molecule has 2 aromatic carbocycles. The fourth-order valence-electron chi connectivity index (χ4n) is 2.50. The number of aliphatic hydroxyl groups is 1. The summed E-state index contributed by atoms with van der Waals surface area (Å²) in [4.78, 5) is 0. The van der Waals surface area contributed by atoms with Gasteiger partial charge >= 0.3 is 0 Å². The standard InChI is InChI=1S/C18H22ClNO/c1-13-2-4-14(5-3-13)6-11-18(21)17(12-20)15-7-9-16(19)10-8-15/h2-5,7-10,17-18,21H,6,11-12,20H2,1H3. The van der Waals surface area contributed by atoms with Crippen molar-refractivity contribution in [2.75, 3.05) is 6.54 Å².